The Bertz CT molecular complexity index is 611. The van der Waals surface area contributed by atoms with E-state index in [-0.39, 0.29) is 11.0 Å². The second-order valence-corrected chi connectivity index (χ2v) is 6.74. The molecule has 20 heavy (non-hydrogen) atoms. The fourth-order valence-corrected chi connectivity index (χ4v) is 1.75. The lowest BCUT2D eigenvalue weighted by Gasteiger charge is -2.20. The zero-order chi connectivity index (χ0) is 15.8. The van der Waals surface area contributed by atoms with Gasteiger partial charge in [0.2, 0.25) is 0 Å². The van der Waals surface area contributed by atoms with Crippen molar-refractivity contribution < 1.29 is 26.7 Å². The molecule has 0 radical (unpaired) electrons. The molecular weight excluding hydrogens is 295 g/mol. The van der Waals surface area contributed by atoms with E-state index < -0.39 is 21.4 Å². The third-order valence-electron chi connectivity index (χ3n) is 2.49. The number of sulfonamides is 1. The maximum absolute atomic E-state index is 12.1. The molecule has 0 amide bonds. The Labute approximate surface area is 115 Å². The molecule has 0 atom stereocenters. The minimum absolute atomic E-state index is 0.198. The van der Waals surface area contributed by atoms with E-state index in [4.69, 9.17) is 0 Å². The summed E-state index contributed by atoms with van der Waals surface area (Å²) in [6.07, 6.45) is 0. The smallest absolute Gasteiger partial charge is 0.518 e. The van der Waals surface area contributed by atoms with Gasteiger partial charge in [0.1, 0.15) is 0 Å². The second kappa shape index (κ2) is 5.08. The van der Waals surface area contributed by atoms with E-state index in [0.717, 1.165) is 5.56 Å². The van der Waals surface area contributed by atoms with Crippen molar-refractivity contribution in [3.63, 3.8) is 0 Å². The van der Waals surface area contributed by atoms with Crippen LogP contribution in [0.4, 0.5) is 13.2 Å². The summed E-state index contributed by atoms with van der Waals surface area (Å²) in [5.41, 5.74) is -5.14. The van der Waals surface area contributed by atoms with Gasteiger partial charge in [-0.3, -0.25) is 0 Å². The molecule has 0 N–H and O–H groups in total. The van der Waals surface area contributed by atoms with Crippen molar-refractivity contribution in [3.05, 3.63) is 35.4 Å². The van der Waals surface area contributed by atoms with Crippen LogP contribution in [-0.2, 0) is 15.4 Å². The van der Waals surface area contributed by atoms with Crippen LogP contribution in [-0.4, -0.2) is 19.8 Å². The van der Waals surface area contributed by atoms with E-state index in [9.17, 15) is 26.7 Å². The summed E-state index contributed by atoms with van der Waals surface area (Å²) >= 11 is 0. The third kappa shape index (κ3) is 3.72. The molecule has 112 valence electrons. The monoisotopic (exact) mass is 308 g/mol. The fraction of sp³-hybridized carbons (Fsp3) is 0.417. The van der Waals surface area contributed by atoms with Gasteiger partial charge in [-0.25, -0.2) is 0 Å². The Morgan fingerprint density at radius 1 is 1.10 bits per heavy atom. The van der Waals surface area contributed by atoms with E-state index in [0.29, 0.717) is 0 Å². The largest absolute Gasteiger partial charge is 0.858 e. The van der Waals surface area contributed by atoms with Gasteiger partial charge in [-0.05, 0) is 16.5 Å². The van der Waals surface area contributed by atoms with Crippen molar-refractivity contribution >= 4 is 15.9 Å². The standard InChI is InChI=1S/C12H14F3NO3S/c1-11(2,3)9-6-4-8(5-7-9)10(17)16-20(18,19)12(13,14)15/h4-7H,1-3H3,(H,16,17)/p-1. The van der Waals surface area contributed by atoms with Gasteiger partial charge in [0.15, 0.2) is 0 Å². The highest BCUT2D eigenvalue weighted by Crippen LogP contribution is 2.25. The molecule has 1 rings (SSSR count). The first-order valence-electron chi connectivity index (χ1n) is 5.54. The Balaban J connectivity index is 3.14. The molecule has 4 nitrogen and oxygen atoms in total. The van der Waals surface area contributed by atoms with Crippen molar-refractivity contribution in [3.8, 4) is 0 Å². The highest BCUT2D eigenvalue weighted by molar-refractivity contribution is 7.91. The molecule has 0 heterocycles. The number of nitrogens with zero attached hydrogens (tertiary/aromatic N) is 1. The first-order chi connectivity index (χ1) is 8.84. The van der Waals surface area contributed by atoms with Gasteiger partial charge in [0.25, 0.3) is 0 Å². The predicted octanol–water partition coefficient (Wildman–Crippen LogP) is 1.94. The van der Waals surface area contributed by atoms with Crippen LogP contribution < -0.4 is 5.11 Å². The van der Waals surface area contributed by atoms with Crippen LogP contribution in [0.2, 0.25) is 0 Å². The molecule has 0 aliphatic heterocycles. The van der Waals surface area contributed by atoms with Gasteiger partial charge in [0.05, 0.1) is 0 Å². The summed E-state index contributed by atoms with van der Waals surface area (Å²) in [6.45, 7) is 5.76. The number of rotatable bonds is 2. The molecule has 0 spiro atoms. The maximum Gasteiger partial charge on any atom is 0.518 e. The lowest BCUT2D eigenvalue weighted by atomic mass is 9.87. The Kier molecular flexibility index (Phi) is 4.19. The SMILES string of the molecule is CC(C)(C)c1ccc(/C([O-])=N/S(=O)(=O)C(F)(F)F)cc1. The minimum Gasteiger partial charge on any atom is -0.858 e. The highest BCUT2D eigenvalue weighted by atomic mass is 32.2. The number of hydrogen-bond donors (Lipinski definition) is 0. The maximum atomic E-state index is 12.1. The van der Waals surface area contributed by atoms with Crippen molar-refractivity contribution in [2.24, 2.45) is 4.40 Å². The normalized spacial score (nSPS) is 14.4. The molecule has 0 saturated heterocycles. The molecule has 0 aromatic heterocycles. The van der Waals surface area contributed by atoms with Crippen molar-refractivity contribution in [2.45, 2.75) is 31.7 Å². The fourth-order valence-electron chi connectivity index (χ4n) is 1.33. The van der Waals surface area contributed by atoms with E-state index in [1.807, 2.05) is 20.8 Å². The van der Waals surface area contributed by atoms with Crippen LogP contribution in [0.3, 0.4) is 0 Å². The first kappa shape index (κ1) is 16.5. The molecule has 0 unspecified atom stereocenters. The van der Waals surface area contributed by atoms with Gasteiger partial charge in [-0.15, -0.1) is 0 Å². The lowest BCUT2D eigenvalue weighted by molar-refractivity contribution is -0.212. The summed E-state index contributed by atoms with van der Waals surface area (Å²) in [4.78, 5) is 0. The Morgan fingerprint density at radius 2 is 1.55 bits per heavy atom. The molecule has 1 aromatic carbocycles. The predicted molar refractivity (Wildman–Crippen MR) is 66.7 cm³/mol. The molecule has 0 fully saturated rings. The average molecular weight is 308 g/mol. The number of alkyl halides is 3. The summed E-state index contributed by atoms with van der Waals surface area (Å²) in [6, 6.07) is 5.59. The first-order valence-corrected chi connectivity index (χ1v) is 6.98. The van der Waals surface area contributed by atoms with E-state index in [1.54, 1.807) is 12.1 Å². The number of halogens is 3. The Hall–Kier alpha value is -1.57. The summed E-state index contributed by atoms with van der Waals surface area (Å²) in [5.74, 6) is -1.44. The zero-order valence-corrected chi connectivity index (χ0v) is 11.8. The lowest BCUT2D eigenvalue weighted by Crippen LogP contribution is -2.27. The Morgan fingerprint density at radius 3 is 1.90 bits per heavy atom. The van der Waals surface area contributed by atoms with Crippen LogP contribution in [0.15, 0.2) is 28.7 Å². The number of benzene rings is 1. The molecule has 0 bridgehead atoms. The molecule has 0 saturated carbocycles. The van der Waals surface area contributed by atoms with Crippen LogP contribution in [0.25, 0.3) is 0 Å². The molecule has 0 aliphatic rings. The highest BCUT2D eigenvalue weighted by Gasteiger charge is 2.45. The summed E-state index contributed by atoms with van der Waals surface area (Å²) < 4.78 is 60.0. The quantitative estimate of drug-likeness (QED) is 0.619. The topological polar surface area (TPSA) is 69.6 Å². The van der Waals surface area contributed by atoms with Gasteiger partial charge in [0, 0.05) is 5.90 Å². The second-order valence-electron chi connectivity index (χ2n) is 5.14. The molecule has 1 aromatic rings. The molecular formula is C12H13F3NO3S-. The zero-order valence-electron chi connectivity index (χ0n) is 11.0. The van der Waals surface area contributed by atoms with Crippen LogP contribution >= 0.6 is 0 Å². The van der Waals surface area contributed by atoms with Gasteiger partial charge < -0.3 is 5.11 Å². The van der Waals surface area contributed by atoms with Crippen molar-refractivity contribution in [1.29, 1.82) is 0 Å². The third-order valence-corrected chi connectivity index (χ3v) is 3.48. The summed E-state index contributed by atoms with van der Waals surface area (Å²) in [7, 11) is -5.81. The van der Waals surface area contributed by atoms with E-state index in [1.165, 1.54) is 12.1 Å². The van der Waals surface area contributed by atoms with E-state index in [2.05, 4.69) is 4.40 Å². The summed E-state index contributed by atoms with van der Waals surface area (Å²) in [5, 5.41) is 11.4. The van der Waals surface area contributed by atoms with Crippen LogP contribution in [0, 0.1) is 0 Å². The molecule has 0 aliphatic carbocycles. The van der Waals surface area contributed by atoms with Crippen LogP contribution in [0.5, 0.6) is 0 Å². The van der Waals surface area contributed by atoms with Crippen LogP contribution in [0.1, 0.15) is 31.9 Å². The van der Waals surface area contributed by atoms with Gasteiger partial charge >= 0.3 is 15.5 Å². The van der Waals surface area contributed by atoms with Gasteiger partial charge in [-0.1, -0.05) is 45.0 Å². The van der Waals surface area contributed by atoms with Crippen molar-refractivity contribution in [1.82, 2.24) is 0 Å². The van der Waals surface area contributed by atoms with Gasteiger partial charge in [-0.2, -0.15) is 26.0 Å². The van der Waals surface area contributed by atoms with E-state index >= 15 is 0 Å². The minimum atomic E-state index is -5.81. The number of hydrogen-bond acceptors (Lipinski definition) is 3. The average Bonchev–Trinajstić information content (AvgIpc) is 2.26. The molecule has 8 heteroatoms. The van der Waals surface area contributed by atoms with Crippen molar-refractivity contribution in [2.75, 3.05) is 0 Å².